The number of hydrogen-bond donors (Lipinski definition) is 0. The minimum atomic E-state index is -6.15. The lowest BCUT2D eigenvalue weighted by atomic mass is 9.62. The van der Waals surface area contributed by atoms with Crippen molar-refractivity contribution in [3.8, 4) is 84.3 Å². The second kappa shape index (κ2) is 23.6. The molecule has 0 radical (unpaired) electrons. The van der Waals surface area contributed by atoms with Crippen molar-refractivity contribution in [2.45, 2.75) is 104 Å². The van der Waals surface area contributed by atoms with Crippen LogP contribution in [-0.2, 0) is 21.7 Å². The number of aromatic nitrogens is 4. The van der Waals surface area contributed by atoms with Crippen LogP contribution in [0.1, 0.15) is 129 Å². The molecule has 0 atom stereocenters. The van der Waals surface area contributed by atoms with Crippen LogP contribution >= 0.6 is 0 Å². The molecule has 17 rings (SSSR count). The number of pyridine rings is 1. The second-order valence-electron chi connectivity index (χ2n) is 29.8. The van der Waals surface area contributed by atoms with E-state index in [-0.39, 0.29) is 27.2 Å². The van der Waals surface area contributed by atoms with Gasteiger partial charge >= 0.3 is 0 Å². The fourth-order valence-corrected chi connectivity index (χ4v) is 18.8. The summed E-state index contributed by atoms with van der Waals surface area (Å²) in [7, 11) is -6.15. The van der Waals surface area contributed by atoms with Crippen molar-refractivity contribution >= 4 is 61.7 Å². The molecule has 0 bridgehead atoms. The van der Waals surface area contributed by atoms with Crippen LogP contribution in [0.5, 0.6) is 11.5 Å². The van der Waals surface area contributed by atoms with Gasteiger partial charge in [-0.15, -0.1) is 0 Å². The molecule has 1 aliphatic carbocycles. The fourth-order valence-electron chi connectivity index (χ4n) is 15.2. The quantitative estimate of drug-likeness (QED) is 0.0592. The van der Waals surface area contributed by atoms with Gasteiger partial charge in [0.1, 0.15) is 17.3 Å². The molecule has 5 nitrogen and oxygen atoms in total. The standard InChI is InChI=1S/C94H82N4OSi/c1-91(2,3)65-45-43-62(44-46-65)74-40-26-41-79-81-60-84-83(93(7,8)50-51-94(84,9)10)59-80(81)75-37-20-21-38-76(75)82-54-64(63-27-24-36-73(53-63)100(70-30-14-11-15-31-70,71-32-16-12-17-33-71)72-34-18-13-19-35-72)55-87-90(82)97(89(74)79)61-96(87)67-28-25-29-68(57-67)99-69-47-48-78-77-39-22-23-42-85(77)98(86(78)58-69)88-56-66(49-52-95-88)92(4,5)6/h11-49,52-60H,50-51H2,1-10H3/i11D,12D,13D,14D,15D,16D,17D,18D,24D,27D,30D,31D,32D,33D,34D,35D,36D,53D. The summed E-state index contributed by atoms with van der Waals surface area (Å²) in [6, 6.07) is 40.8. The zero-order chi connectivity index (χ0) is 84.1. The largest absolute Gasteiger partial charge is 0.458 e. The van der Waals surface area contributed by atoms with Crippen LogP contribution in [-0.4, -0.2) is 22.2 Å². The highest BCUT2D eigenvalue weighted by Crippen LogP contribution is 2.53. The number of para-hydroxylation sites is 2. The van der Waals surface area contributed by atoms with Gasteiger partial charge in [-0.05, 0) is 194 Å². The Balaban J connectivity index is 1.02. The highest BCUT2D eigenvalue weighted by molar-refractivity contribution is 7.20. The van der Waals surface area contributed by atoms with Crippen molar-refractivity contribution < 1.29 is 34.0 Å². The highest BCUT2D eigenvalue weighted by Gasteiger charge is 2.43. The molecule has 4 heterocycles. The summed E-state index contributed by atoms with van der Waals surface area (Å²) in [5.41, 5.74) is 13.7. The van der Waals surface area contributed by atoms with Crippen LogP contribution in [0.4, 0.5) is 0 Å². The first-order valence-electron chi connectivity index (χ1n) is 43.0. The van der Waals surface area contributed by atoms with E-state index < -0.39 is 143 Å². The molecule has 0 saturated carbocycles. The normalized spacial score (nSPS) is 16.5. The van der Waals surface area contributed by atoms with Crippen molar-refractivity contribution in [1.29, 1.82) is 0 Å². The van der Waals surface area contributed by atoms with Crippen LogP contribution in [0.3, 0.4) is 0 Å². The van der Waals surface area contributed by atoms with E-state index in [0.29, 0.717) is 39.3 Å². The van der Waals surface area contributed by atoms with Crippen molar-refractivity contribution in [3.63, 3.8) is 0 Å². The third-order valence-electron chi connectivity index (χ3n) is 20.6. The molecule has 3 aromatic heterocycles. The van der Waals surface area contributed by atoms with Gasteiger partial charge in [-0.1, -0.05) is 287 Å². The topological polar surface area (TPSA) is 35.9 Å². The van der Waals surface area contributed by atoms with E-state index in [0.717, 1.165) is 96.7 Å². The van der Waals surface area contributed by atoms with Crippen LogP contribution in [0.25, 0.3) is 106 Å². The molecule has 12 aromatic carbocycles. The molecule has 0 unspecified atom stereocenters. The van der Waals surface area contributed by atoms with E-state index in [4.69, 9.17) is 13.8 Å². The maximum atomic E-state index is 11.2. The second-order valence-corrected chi connectivity index (χ2v) is 33.3. The van der Waals surface area contributed by atoms with E-state index in [1.54, 1.807) is 12.1 Å². The molecule has 15 aromatic rings. The molecule has 488 valence electrons. The molecule has 100 heavy (non-hydrogen) atoms. The molecule has 6 heteroatoms. The van der Waals surface area contributed by atoms with Crippen LogP contribution in [0.15, 0.2) is 291 Å². The van der Waals surface area contributed by atoms with E-state index in [1.807, 2.05) is 89.6 Å². The number of benzene rings is 12. The third-order valence-corrected chi connectivity index (χ3v) is 24.6. The molecular formula is C94H82N4OSi. The molecule has 0 saturated heterocycles. The molecule has 0 spiro atoms. The summed E-state index contributed by atoms with van der Waals surface area (Å²) < 4.78 is 189. The molecule has 0 N–H and O–H groups in total. The Labute approximate surface area is 614 Å². The maximum absolute atomic E-state index is 11.2. The predicted octanol–water partition coefficient (Wildman–Crippen LogP) is 21.0. The summed E-state index contributed by atoms with van der Waals surface area (Å²) in [4.78, 5) is 4.94. The van der Waals surface area contributed by atoms with E-state index in [9.17, 15) is 20.6 Å². The van der Waals surface area contributed by atoms with Gasteiger partial charge in [0.05, 0.1) is 58.1 Å². The lowest BCUT2D eigenvalue weighted by molar-refractivity contribution is -0.570. The average molecular weight is 1330 g/mol. The van der Waals surface area contributed by atoms with Crippen molar-refractivity contribution in [2.24, 2.45) is 0 Å². The first kappa shape index (κ1) is 45.6. The highest BCUT2D eigenvalue weighted by atomic mass is 28.3. The fraction of sp³-hybridized carbons (Fsp3) is 0.170. The smallest absolute Gasteiger partial charge is 0.269 e. The molecular weight excluding hydrogens is 1230 g/mol. The summed E-state index contributed by atoms with van der Waals surface area (Å²) in [5, 5.41) is -1.29. The van der Waals surface area contributed by atoms with Crippen molar-refractivity contribution in [3.05, 3.63) is 319 Å². The zero-order valence-corrected chi connectivity index (χ0v) is 58.4. The molecule has 2 aliphatic rings. The van der Waals surface area contributed by atoms with Gasteiger partial charge in [-0.25, -0.2) is 4.98 Å². The van der Waals surface area contributed by atoms with Crippen LogP contribution in [0, 0.1) is 6.33 Å². The van der Waals surface area contributed by atoms with Crippen LogP contribution < -0.4 is 30.1 Å². The van der Waals surface area contributed by atoms with Gasteiger partial charge in [0.2, 0.25) is 0 Å². The number of hydrogen-bond acceptors (Lipinski definition) is 2. The van der Waals surface area contributed by atoms with E-state index in [1.165, 1.54) is 11.1 Å². The zero-order valence-electron chi connectivity index (χ0n) is 75.4. The SMILES string of the molecule is [2H]c1cc([2H])c([Si](c2c([2H])c([2H])c([2H])c([2H])c2[2H])(c2c([2H])c([2H])c([2H])c([2H])c2[2H])c2c([2H])c([2H])c([2H])c(-c3cc4c5c(c3)n(-c3cccc(Oc6ccc7c8ccccc8n(-c8cc(C(C)(C)C)ccn8)c7c6)c3)[c-][n+]5-c3c(-c5ccc(C(C)(C)C)cc5)cccc3-c3cc5c(cc3-c3ccccc3-4)C(C)(C)CCC5(C)C)c2[2H])c([2H])c1[2H]. The molecule has 0 amide bonds. The first-order valence-corrected chi connectivity index (χ1v) is 36.0. The monoisotopic (exact) mass is 1330 g/mol. The molecule has 0 fully saturated rings. The third kappa shape index (κ3) is 10.4. The summed E-state index contributed by atoms with van der Waals surface area (Å²) >= 11 is 0. The Morgan fingerprint density at radius 1 is 0.450 bits per heavy atom. The van der Waals surface area contributed by atoms with Gasteiger partial charge in [-0.3, -0.25) is 13.7 Å². The van der Waals surface area contributed by atoms with E-state index >= 15 is 0 Å². The minimum Gasteiger partial charge on any atom is -0.458 e. The number of nitrogens with zero attached hydrogens (tertiary/aromatic N) is 4. The number of ether oxygens (including phenoxy) is 1. The number of imidazole rings is 1. The van der Waals surface area contributed by atoms with Gasteiger partial charge in [0.15, 0.2) is 8.07 Å². The summed E-state index contributed by atoms with van der Waals surface area (Å²) in [6.45, 7) is 22.2. The molecule has 1 aliphatic heterocycles. The van der Waals surface area contributed by atoms with Gasteiger partial charge in [0.25, 0.3) is 6.33 Å². The summed E-state index contributed by atoms with van der Waals surface area (Å²) in [5.74, 6) is 1.66. The maximum Gasteiger partial charge on any atom is 0.269 e. The van der Waals surface area contributed by atoms with Crippen molar-refractivity contribution in [1.82, 2.24) is 14.1 Å². The Kier molecular flexibility index (Phi) is 10.8. The Hall–Kier alpha value is -10.9. The lowest BCUT2D eigenvalue weighted by Gasteiger charge is -2.42. The number of fused-ring (bicyclic) bond motifs is 11. The Morgan fingerprint density at radius 2 is 1.05 bits per heavy atom. The van der Waals surface area contributed by atoms with Crippen molar-refractivity contribution in [2.75, 3.05) is 0 Å². The Morgan fingerprint density at radius 3 is 1.76 bits per heavy atom. The minimum absolute atomic E-state index is 0.0320. The van der Waals surface area contributed by atoms with Crippen LogP contribution in [0.2, 0.25) is 0 Å². The van der Waals surface area contributed by atoms with Gasteiger partial charge in [0, 0.05) is 23.0 Å². The Bertz CT molecular complexity index is 6740. The van der Waals surface area contributed by atoms with E-state index in [2.05, 4.69) is 164 Å². The first-order chi connectivity index (χ1) is 55.8. The number of rotatable bonds is 10. The average Bonchev–Trinajstić information content (AvgIpc) is 0.692. The predicted molar refractivity (Wildman–Crippen MR) is 419 cm³/mol. The van der Waals surface area contributed by atoms with Gasteiger partial charge < -0.3 is 4.74 Å². The lowest BCUT2D eigenvalue weighted by Crippen LogP contribution is -2.74. The van der Waals surface area contributed by atoms with Gasteiger partial charge in [-0.2, -0.15) is 0 Å². The summed E-state index contributed by atoms with van der Waals surface area (Å²) in [6.07, 6.45) is 7.60.